The van der Waals surface area contributed by atoms with E-state index in [1.165, 1.54) is 10.9 Å². The average Bonchev–Trinajstić information content (AvgIpc) is 2.94. The molecule has 0 atom stereocenters. The summed E-state index contributed by atoms with van der Waals surface area (Å²) in [5.41, 5.74) is 1.86. The number of morpholine rings is 1. The molecular formula is C17H17N3O2S. The van der Waals surface area contributed by atoms with Crippen LogP contribution in [0.5, 0.6) is 0 Å². The molecule has 3 heterocycles. The van der Waals surface area contributed by atoms with Crippen LogP contribution in [0.25, 0.3) is 0 Å². The van der Waals surface area contributed by atoms with Gasteiger partial charge in [-0.1, -0.05) is 41.3 Å². The van der Waals surface area contributed by atoms with Gasteiger partial charge in [0.15, 0.2) is 5.11 Å². The summed E-state index contributed by atoms with van der Waals surface area (Å²) in [6, 6.07) is 9.77. The quantitative estimate of drug-likeness (QED) is 0.735. The molecule has 0 saturated carbocycles. The number of fused-ring (bicyclic) bond motifs is 1. The molecule has 0 N–H and O–H groups in total. The first-order valence-electron chi connectivity index (χ1n) is 7.65. The Balaban J connectivity index is 1.74. The highest BCUT2D eigenvalue weighted by molar-refractivity contribution is 8.00. The smallest absolute Gasteiger partial charge is 0.275 e. The number of nitrogens with zero attached hydrogens (tertiary/aromatic N) is 3. The second-order valence-electron chi connectivity index (χ2n) is 5.58. The third-order valence-electron chi connectivity index (χ3n) is 4.05. The monoisotopic (exact) mass is 327 g/mol. The highest BCUT2D eigenvalue weighted by Gasteiger charge is 2.33. The average molecular weight is 327 g/mol. The first kappa shape index (κ1) is 14.4. The molecule has 1 fully saturated rings. The Bertz CT molecular complexity index is 785. The van der Waals surface area contributed by atoms with E-state index in [1.807, 2.05) is 43.3 Å². The van der Waals surface area contributed by atoms with Gasteiger partial charge in [0, 0.05) is 24.9 Å². The van der Waals surface area contributed by atoms with Gasteiger partial charge in [0.2, 0.25) is 0 Å². The van der Waals surface area contributed by atoms with Gasteiger partial charge in [-0.15, -0.1) is 0 Å². The van der Waals surface area contributed by atoms with E-state index < -0.39 is 0 Å². The van der Waals surface area contributed by atoms with Gasteiger partial charge in [0.1, 0.15) is 10.7 Å². The number of hydrogen-bond donors (Lipinski definition) is 0. The second-order valence-corrected chi connectivity index (χ2v) is 6.55. The highest BCUT2D eigenvalue weighted by Crippen LogP contribution is 2.23. The second kappa shape index (κ2) is 5.79. The van der Waals surface area contributed by atoms with Crippen molar-refractivity contribution in [3.63, 3.8) is 0 Å². The van der Waals surface area contributed by atoms with Crippen LogP contribution in [-0.4, -0.2) is 57.8 Å². The zero-order valence-corrected chi connectivity index (χ0v) is 13.7. The molecule has 1 saturated heterocycles. The number of benzene rings is 1. The molecular weight excluding hydrogens is 310 g/mol. The molecule has 0 radical (unpaired) electrons. The molecule has 23 heavy (non-hydrogen) atoms. The number of allylic oxidation sites excluding steroid dienone is 1. The molecule has 4 rings (SSSR count). The van der Waals surface area contributed by atoms with Gasteiger partial charge in [0.05, 0.1) is 13.2 Å². The summed E-state index contributed by atoms with van der Waals surface area (Å²) >= 11 is 0. The Labute approximate surface area is 138 Å². The van der Waals surface area contributed by atoms with Crippen molar-refractivity contribution in [3.8, 4) is 0 Å². The summed E-state index contributed by atoms with van der Waals surface area (Å²) in [6.45, 7) is 5.08. The van der Waals surface area contributed by atoms with Crippen molar-refractivity contribution < 1.29 is 9.53 Å². The van der Waals surface area contributed by atoms with E-state index in [0.29, 0.717) is 0 Å². The summed E-state index contributed by atoms with van der Waals surface area (Å²) in [6.07, 6.45) is 1.99. The van der Waals surface area contributed by atoms with Crippen LogP contribution in [0.4, 0.5) is 0 Å². The fraction of sp³-hybridized carbons (Fsp3) is 0.294. The van der Waals surface area contributed by atoms with E-state index in [9.17, 15) is 4.79 Å². The normalized spacial score (nSPS) is 21.0. The Morgan fingerprint density at radius 2 is 1.91 bits per heavy atom. The van der Waals surface area contributed by atoms with Crippen molar-refractivity contribution in [1.82, 2.24) is 9.80 Å². The molecule has 0 unspecified atom stereocenters. The fourth-order valence-electron chi connectivity index (χ4n) is 2.86. The van der Waals surface area contributed by atoms with Gasteiger partial charge in [-0.3, -0.25) is 9.69 Å². The number of rotatable bonds is 1. The van der Waals surface area contributed by atoms with Gasteiger partial charge in [-0.25, -0.2) is 4.99 Å². The van der Waals surface area contributed by atoms with Crippen molar-refractivity contribution in [3.05, 3.63) is 47.7 Å². The molecule has 1 aromatic carbocycles. The molecule has 0 aromatic heterocycles. The molecule has 6 heteroatoms. The lowest BCUT2D eigenvalue weighted by molar-refractivity contribution is -0.118. The van der Waals surface area contributed by atoms with Crippen molar-refractivity contribution in [2.75, 3.05) is 26.3 Å². The zero-order valence-electron chi connectivity index (χ0n) is 12.9. The number of amides is 1. The molecule has 1 aromatic rings. The van der Waals surface area contributed by atoms with E-state index in [-0.39, 0.29) is 5.91 Å². The van der Waals surface area contributed by atoms with Crippen LogP contribution >= 0.6 is 10.9 Å². The Morgan fingerprint density at radius 1 is 1.17 bits per heavy atom. The van der Waals surface area contributed by atoms with E-state index in [4.69, 9.17) is 9.73 Å². The maximum atomic E-state index is 12.7. The number of carbonyl (C=O) groups excluding carboxylic acids is 1. The van der Waals surface area contributed by atoms with Gasteiger partial charge >= 0.3 is 0 Å². The molecule has 3 aliphatic heterocycles. The fourth-order valence-corrected chi connectivity index (χ4v) is 3.93. The van der Waals surface area contributed by atoms with Crippen molar-refractivity contribution >= 4 is 32.7 Å². The third kappa shape index (κ3) is 2.54. The van der Waals surface area contributed by atoms with Crippen molar-refractivity contribution in [2.45, 2.75) is 6.92 Å². The van der Waals surface area contributed by atoms with E-state index in [2.05, 4.69) is 4.90 Å². The molecule has 0 spiro atoms. The standard InChI is InChI=1S/C17H17N3O2S/c1-12-11-14(19-7-9-22-10-8-19)18-17-20(12)16(21)15(23-17)13-5-3-2-4-6-13/h2-6,11H,7-10H2,1H3. The van der Waals surface area contributed by atoms with Gasteiger partial charge in [0.25, 0.3) is 5.91 Å². The summed E-state index contributed by atoms with van der Waals surface area (Å²) in [4.78, 5) is 22.1. The number of hydrogen-bond acceptors (Lipinski definition) is 4. The minimum atomic E-state index is 0.00901. The largest absolute Gasteiger partial charge is 0.378 e. The van der Waals surface area contributed by atoms with E-state index >= 15 is 0 Å². The SMILES string of the molecule is CC1=CC(N2CCOCC2)=NC2=S=C(c3ccccc3)C(=O)N12. The van der Waals surface area contributed by atoms with E-state index in [1.54, 1.807) is 4.90 Å². The van der Waals surface area contributed by atoms with E-state index in [0.717, 1.165) is 53.4 Å². The van der Waals surface area contributed by atoms with Gasteiger partial charge < -0.3 is 9.64 Å². The predicted molar refractivity (Wildman–Crippen MR) is 93.6 cm³/mol. The molecule has 0 bridgehead atoms. The van der Waals surface area contributed by atoms with Crippen LogP contribution in [0.3, 0.4) is 0 Å². The molecule has 3 aliphatic rings. The molecule has 1 amide bonds. The van der Waals surface area contributed by atoms with Crippen LogP contribution in [0.15, 0.2) is 47.1 Å². The maximum absolute atomic E-state index is 12.7. The summed E-state index contributed by atoms with van der Waals surface area (Å²) < 4.78 is 5.40. The number of ether oxygens (including phenoxy) is 1. The van der Waals surface area contributed by atoms with Crippen molar-refractivity contribution in [2.24, 2.45) is 4.99 Å². The van der Waals surface area contributed by atoms with Crippen LogP contribution < -0.4 is 0 Å². The number of aliphatic imine (C=N–C) groups is 1. The topological polar surface area (TPSA) is 45.1 Å². The van der Waals surface area contributed by atoms with Crippen molar-refractivity contribution in [1.29, 1.82) is 0 Å². The summed E-state index contributed by atoms with van der Waals surface area (Å²) in [7, 11) is 1.45. The van der Waals surface area contributed by atoms with Crippen LogP contribution in [0.1, 0.15) is 12.5 Å². The van der Waals surface area contributed by atoms with Crippen LogP contribution in [0, 0.1) is 0 Å². The Kier molecular flexibility index (Phi) is 3.63. The first-order valence-corrected chi connectivity index (χ1v) is 8.47. The Morgan fingerprint density at radius 3 is 2.65 bits per heavy atom. The maximum Gasteiger partial charge on any atom is 0.275 e. The van der Waals surface area contributed by atoms with Crippen LogP contribution in [0.2, 0.25) is 0 Å². The molecule has 118 valence electrons. The lowest BCUT2D eigenvalue weighted by Crippen LogP contribution is -2.44. The number of carbonyl (C=O) groups is 1. The summed E-state index contributed by atoms with van der Waals surface area (Å²) in [5.74, 6) is 0.932. The predicted octanol–water partition coefficient (Wildman–Crippen LogP) is 1.52. The van der Waals surface area contributed by atoms with Crippen LogP contribution in [-0.2, 0) is 9.53 Å². The lowest BCUT2D eigenvalue weighted by Gasteiger charge is -2.32. The first-order chi connectivity index (χ1) is 11.2. The number of amidine groups is 1. The Hall–Kier alpha value is -2.18. The molecule has 0 aliphatic carbocycles. The minimum Gasteiger partial charge on any atom is -0.378 e. The summed E-state index contributed by atoms with van der Waals surface area (Å²) in [5, 5.41) is 0.746. The molecule has 5 nitrogen and oxygen atoms in total. The van der Waals surface area contributed by atoms with Gasteiger partial charge in [-0.2, -0.15) is 0 Å². The third-order valence-corrected chi connectivity index (χ3v) is 5.12. The van der Waals surface area contributed by atoms with Gasteiger partial charge in [-0.05, 0) is 12.5 Å². The lowest BCUT2D eigenvalue weighted by atomic mass is 10.1. The highest BCUT2D eigenvalue weighted by atomic mass is 32.1. The zero-order chi connectivity index (χ0) is 15.8. The minimum absolute atomic E-state index is 0.00901.